The van der Waals surface area contributed by atoms with Gasteiger partial charge in [0.25, 0.3) is 5.91 Å². The highest BCUT2D eigenvalue weighted by molar-refractivity contribution is 7.89. The van der Waals surface area contributed by atoms with Gasteiger partial charge in [0.05, 0.1) is 17.6 Å². The summed E-state index contributed by atoms with van der Waals surface area (Å²) in [5.41, 5.74) is 0.648. The molecule has 0 heterocycles. The number of nitrogens with zero attached hydrogens (tertiary/aromatic N) is 1. The van der Waals surface area contributed by atoms with Crippen molar-refractivity contribution in [1.29, 1.82) is 0 Å². The van der Waals surface area contributed by atoms with Gasteiger partial charge in [-0.25, -0.2) is 13.2 Å². The molecule has 2 rings (SSSR count). The molecule has 1 N–H and O–H groups in total. The van der Waals surface area contributed by atoms with Crippen molar-refractivity contribution >= 4 is 27.6 Å². The standard InChI is InChI=1S/C20H24N2O6S/c1-4-22(5-2)29(25,26)18-11-7-9-16(13-18)21-19(23)14-28-17-10-6-8-15(12-17)20(24)27-3/h6-13H,4-5,14H2,1-3H3,(H,21,23). The molecule has 8 nitrogen and oxygen atoms in total. The number of nitrogens with one attached hydrogen (secondary N) is 1. The minimum atomic E-state index is -3.62. The lowest BCUT2D eigenvalue weighted by atomic mass is 10.2. The monoisotopic (exact) mass is 420 g/mol. The number of anilines is 1. The predicted molar refractivity (Wildman–Crippen MR) is 108 cm³/mol. The molecule has 0 aliphatic rings. The first-order chi connectivity index (χ1) is 13.8. The second kappa shape index (κ2) is 10.0. The molecule has 0 atom stereocenters. The Morgan fingerprint density at radius 2 is 1.72 bits per heavy atom. The van der Waals surface area contributed by atoms with E-state index >= 15 is 0 Å². The molecular formula is C20H24N2O6S. The molecule has 0 spiro atoms. The molecule has 0 aliphatic heterocycles. The quantitative estimate of drug-likeness (QED) is 0.626. The summed E-state index contributed by atoms with van der Waals surface area (Å²) >= 11 is 0. The van der Waals surface area contributed by atoms with Gasteiger partial charge >= 0.3 is 5.97 Å². The molecular weight excluding hydrogens is 396 g/mol. The number of benzene rings is 2. The highest BCUT2D eigenvalue weighted by Gasteiger charge is 2.21. The molecule has 0 radical (unpaired) electrons. The number of sulfonamides is 1. The summed E-state index contributed by atoms with van der Waals surface area (Å²) in [6.45, 7) is 3.93. The van der Waals surface area contributed by atoms with Crippen molar-refractivity contribution in [3.63, 3.8) is 0 Å². The zero-order valence-electron chi connectivity index (χ0n) is 16.5. The predicted octanol–water partition coefficient (Wildman–Crippen LogP) is 2.52. The lowest BCUT2D eigenvalue weighted by Crippen LogP contribution is -2.30. The summed E-state index contributed by atoms with van der Waals surface area (Å²) in [6.07, 6.45) is 0. The molecule has 0 aliphatic carbocycles. The average molecular weight is 420 g/mol. The third kappa shape index (κ3) is 5.78. The Morgan fingerprint density at radius 3 is 2.38 bits per heavy atom. The van der Waals surface area contributed by atoms with Gasteiger partial charge in [0.1, 0.15) is 5.75 Å². The Morgan fingerprint density at radius 1 is 1.03 bits per heavy atom. The van der Waals surface area contributed by atoms with E-state index in [1.165, 1.54) is 29.6 Å². The lowest BCUT2D eigenvalue weighted by Gasteiger charge is -2.18. The van der Waals surface area contributed by atoms with Crippen LogP contribution in [0.5, 0.6) is 5.75 Å². The van der Waals surface area contributed by atoms with Gasteiger partial charge < -0.3 is 14.8 Å². The van der Waals surface area contributed by atoms with Gasteiger partial charge in [-0.1, -0.05) is 26.0 Å². The topological polar surface area (TPSA) is 102 Å². The van der Waals surface area contributed by atoms with Crippen molar-refractivity contribution in [1.82, 2.24) is 4.31 Å². The summed E-state index contributed by atoms with van der Waals surface area (Å²) in [4.78, 5) is 23.8. The van der Waals surface area contributed by atoms with E-state index in [4.69, 9.17) is 4.74 Å². The number of rotatable bonds is 9. The number of hydrogen-bond donors (Lipinski definition) is 1. The average Bonchev–Trinajstić information content (AvgIpc) is 2.72. The van der Waals surface area contributed by atoms with E-state index in [0.717, 1.165) is 0 Å². The van der Waals surface area contributed by atoms with Gasteiger partial charge in [0, 0.05) is 18.8 Å². The molecule has 156 valence electrons. The second-order valence-electron chi connectivity index (χ2n) is 5.97. The fraction of sp³-hybridized carbons (Fsp3) is 0.300. The molecule has 2 aromatic carbocycles. The first-order valence-electron chi connectivity index (χ1n) is 9.03. The highest BCUT2D eigenvalue weighted by Crippen LogP contribution is 2.20. The summed E-state index contributed by atoms with van der Waals surface area (Å²) < 4.78 is 36.6. The van der Waals surface area contributed by atoms with Gasteiger partial charge in [-0.2, -0.15) is 4.31 Å². The third-order valence-electron chi connectivity index (χ3n) is 4.09. The largest absolute Gasteiger partial charge is 0.484 e. The number of methoxy groups -OCH3 is 1. The SMILES string of the molecule is CCN(CC)S(=O)(=O)c1cccc(NC(=O)COc2cccc(C(=O)OC)c2)c1. The van der Waals surface area contributed by atoms with Crippen LogP contribution >= 0.6 is 0 Å². The van der Waals surface area contributed by atoms with Crippen LogP contribution < -0.4 is 10.1 Å². The Balaban J connectivity index is 2.04. The number of carbonyl (C=O) groups excluding carboxylic acids is 2. The fourth-order valence-corrected chi connectivity index (χ4v) is 4.13. The van der Waals surface area contributed by atoms with E-state index in [2.05, 4.69) is 10.1 Å². The molecule has 0 fully saturated rings. The Bertz CT molecular complexity index is 970. The summed E-state index contributed by atoms with van der Waals surface area (Å²) in [5, 5.41) is 2.61. The number of amides is 1. The Hall–Kier alpha value is -2.91. The van der Waals surface area contributed by atoms with Crippen LogP contribution in [0.1, 0.15) is 24.2 Å². The summed E-state index contributed by atoms with van der Waals surface area (Å²) in [7, 11) is -2.35. The summed E-state index contributed by atoms with van der Waals surface area (Å²) in [6, 6.07) is 12.3. The van der Waals surface area contributed by atoms with E-state index in [1.54, 1.807) is 44.2 Å². The number of carbonyl (C=O) groups is 2. The fourth-order valence-electron chi connectivity index (χ4n) is 2.62. The van der Waals surface area contributed by atoms with E-state index in [-0.39, 0.29) is 11.5 Å². The number of esters is 1. The molecule has 0 saturated heterocycles. The van der Waals surface area contributed by atoms with Crippen molar-refractivity contribution in [2.24, 2.45) is 0 Å². The molecule has 0 aromatic heterocycles. The van der Waals surface area contributed by atoms with Crippen LogP contribution in [-0.2, 0) is 19.6 Å². The molecule has 0 saturated carbocycles. The van der Waals surface area contributed by atoms with Crippen molar-refractivity contribution < 1.29 is 27.5 Å². The van der Waals surface area contributed by atoms with E-state index < -0.39 is 21.9 Å². The Labute approximate surface area is 170 Å². The Kier molecular flexibility index (Phi) is 7.74. The number of ether oxygens (including phenoxy) is 2. The van der Waals surface area contributed by atoms with Gasteiger partial charge in [-0.15, -0.1) is 0 Å². The second-order valence-corrected chi connectivity index (χ2v) is 7.91. The van der Waals surface area contributed by atoms with Gasteiger partial charge in [0.15, 0.2) is 6.61 Å². The first kappa shape index (κ1) is 22.4. The van der Waals surface area contributed by atoms with Crippen LogP contribution in [0.2, 0.25) is 0 Å². The van der Waals surface area contributed by atoms with Crippen LogP contribution in [-0.4, -0.2) is 51.4 Å². The normalized spacial score (nSPS) is 11.2. The van der Waals surface area contributed by atoms with Gasteiger partial charge in [0.2, 0.25) is 10.0 Å². The number of hydrogen-bond acceptors (Lipinski definition) is 6. The molecule has 1 amide bonds. The third-order valence-corrected chi connectivity index (χ3v) is 6.13. The van der Waals surface area contributed by atoms with Crippen LogP contribution in [0.3, 0.4) is 0 Å². The van der Waals surface area contributed by atoms with Crippen LogP contribution in [0.4, 0.5) is 5.69 Å². The lowest BCUT2D eigenvalue weighted by molar-refractivity contribution is -0.118. The van der Waals surface area contributed by atoms with Crippen LogP contribution in [0, 0.1) is 0 Å². The molecule has 29 heavy (non-hydrogen) atoms. The minimum Gasteiger partial charge on any atom is -0.484 e. The van der Waals surface area contributed by atoms with Crippen molar-refractivity contribution in [3.8, 4) is 5.75 Å². The zero-order valence-corrected chi connectivity index (χ0v) is 17.4. The van der Waals surface area contributed by atoms with Crippen LogP contribution in [0.25, 0.3) is 0 Å². The maximum Gasteiger partial charge on any atom is 0.337 e. The first-order valence-corrected chi connectivity index (χ1v) is 10.5. The van der Waals surface area contributed by atoms with Crippen molar-refractivity contribution in [3.05, 3.63) is 54.1 Å². The van der Waals surface area contributed by atoms with Gasteiger partial charge in [-0.3, -0.25) is 4.79 Å². The molecule has 0 unspecified atom stereocenters. The molecule has 9 heteroatoms. The van der Waals surface area contributed by atoms with Gasteiger partial charge in [-0.05, 0) is 36.4 Å². The maximum absolute atomic E-state index is 12.6. The summed E-state index contributed by atoms with van der Waals surface area (Å²) in [5.74, 6) is -0.641. The van der Waals surface area contributed by atoms with E-state index in [1.807, 2.05) is 0 Å². The van der Waals surface area contributed by atoms with Crippen molar-refractivity contribution in [2.75, 3.05) is 32.1 Å². The zero-order chi connectivity index (χ0) is 21.4. The van der Waals surface area contributed by atoms with E-state index in [0.29, 0.717) is 30.1 Å². The molecule has 2 aromatic rings. The molecule has 0 bridgehead atoms. The minimum absolute atomic E-state index is 0.102. The van der Waals surface area contributed by atoms with E-state index in [9.17, 15) is 18.0 Å². The maximum atomic E-state index is 12.6. The van der Waals surface area contributed by atoms with Crippen LogP contribution in [0.15, 0.2) is 53.4 Å². The smallest absolute Gasteiger partial charge is 0.337 e. The highest BCUT2D eigenvalue weighted by atomic mass is 32.2. The van der Waals surface area contributed by atoms with Crippen molar-refractivity contribution in [2.45, 2.75) is 18.7 Å².